The van der Waals surface area contributed by atoms with E-state index in [1.54, 1.807) is 24.3 Å². The highest BCUT2D eigenvalue weighted by Crippen LogP contribution is 2.27. The van der Waals surface area contributed by atoms with Crippen molar-refractivity contribution in [2.45, 2.75) is 25.3 Å². The molecule has 0 spiro atoms. The van der Waals surface area contributed by atoms with Crippen LogP contribution in [0.25, 0.3) is 0 Å². The molecule has 1 fully saturated rings. The first-order valence-corrected chi connectivity index (χ1v) is 5.83. The Morgan fingerprint density at radius 3 is 2.47 bits per heavy atom. The highest BCUT2D eigenvalue weighted by molar-refractivity contribution is 6.08. The predicted molar refractivity (Wildman–Crippen MR) is 65.0 cm³/mol. The van der Waals surface area contributed by atoms with Crippen molar-refractivity contribution in [1.29, 1.82) is 0 Å². The molecule has 1 aliphatic heterocycles. The van der Waals surface area contributed by atoms with Gasteiger partial charge in [-0.2, -0.15) is 5.06 Å². The fraction of sp³-hybridized carbons (Fsp3) is 0.308. The van der Waals surface area contributed by atoms with Gasteiger partial charge in [0.2, 0.25) is 5.91 Å². The summed E-state index contributed by atoms with van der Waals surface area (Å²) in [5, 5.41) is 12.0. The van der Waals surface area contributed by atoms with E-state index >= 15 is 0 Å². The lowest BCUT2D eigenvalue weighted by atomic mass is 9.89. The smallest absolute Gasteiger partial charge is 0.279 e. The minimum atomic E-state index is -1.39. The molecule has 1 saturated heterocycles. The number of amides is 3. The van der Waals surface area contributed by atoms with E-state index in [2.05, 4.69) is 5.32 Å². The van der Waals surface area contributed by atoms with E-state index in [0.29, 0.717) is 0 Å². The number of benzene rings is 1. The van der Waals surface area contributed by atoms with Crippen LogP contribution in [0.15, 0.2) is 30.3 Å². The van der Waals surface area contributed by atoms with Gasteiger partial charge in [0.1, 0.15) is 5.54 Å². The molecule has 6 nitrogen and oxygen atoms in total. The second kappa shape index (κ2) is 4.81. The zero-order valence-corrected chi connectivity index (χ0v) is 10.4. The molecular formula is C13H14N2O4. The highest BCUT2D eigenvalue weighted by atomic mass is 16.5. The van der Waals surface area contributed by atoms with E-state index in [0.717, 1.165) is 5.56 Å². The van der Waals surface area contributed by atoms with Gasteiger partial charge in [-0.25, -0.2) is 0 Å². The first-order chi connectivity index (χ1) is 8.94. The molecule has 1 aromatic carbocycles. The third-order valence-electron chi connectivity index (χ3n) is 3.06. The second-order valence-corrected chi connectivity index (χ2v) is 4.61. The second-order valence-electron chi connectivity index (χ2n) is 4.61. The van der Waals surface area contributed by atoms with Gasteiger partial charge in [-0.05, 0) is 5.56 Å². The first-order valence-electron chi connectivity index (χ1n) is 5.83. The van der Waals surface area contributed by atoms with E-state index in [4.69, 9.17) is 0 Å². The molecule has 0 saturated carbocycles. The van der Waals surface area contributed by atoms with Gasteiger partial charge in [0.05, 0.1) is 6.42 Å². The molecule has 0 unspecified atom stereocenters. The lowest BCUT2D eigenvalue weighted by Crippen LogP contribution is -2.54. The number of hydrogen-bond acceptors (Lipinski definition) is 4. The maximum Gasteiger partial charge on any atom is 0.279 e. The van der Waals surface area contributed by atoms with Gasteiger partial charge in [-0.15, -0.1) is 0 Å². The average molecular weight is 262 g/mol. The standard InChI is InChI=1S/C13H14N2O4/c1-9(16)14-13(7-10-5-3-2-4-6-10)8-11(17)15(19)12(13)18/h2-6,19H,7-8H2,1H3,(H,14,16)/t13-/m1/s1. The van der Waals surface area contributed by atoms with Crippen molar-refractivity contribution in [3.8, 4) is 0 Å². The Hall–Kier alpha value is -2.21. The molecule has 1 atom stereocenters. The van der Waals surface area contributed by atoms with Crippen LogP contribution in [0.4, 0.5) is 0 Å². The van der Waals surface area contributed by atoms with E-state index in [9.17, 15) is 19.6 Å². The number of imide groups is 1. The van der Waals surface area contributed by atoms with Gasteiger partial charge in [0.25, 0.3) is 11.8 Å². The Kier molecular flexibility index (Phi) is 3.35. The predicted octanol–water partition coefficient (Wildman–Crippen LogP) is 0.252. The van der Waals surface area contributed by atoms with Crippen molar-refractivity contribution in [1.82, 2.24) is 10.4 Å². The maximum absolute atomic E-state index is 12.0. The van der Waals surface area contributed by atoms with Crippen LogP contribution >= 0.6 is 0 Å². The summed E-state index contributed by atoms with van der Waals surface area (Å²) in [7, 11) is 0. The fourth-order valence-corrected chi connectivity index (χ4v) is 2.29. The zero-order chi connectivity index (χ0) is 14.0. The Morgan fingerprint density at radius 2 is 2.00 bits per heavy atom. The van der Waals surface area contributed by atoms with Gasteiger partial charge >= 0.3 is 0 Å². The fourth-order valence-electron chi connectivity index (χ4n) is 2.29. The monoisotopic (exact) mass is 262 g/mol. The summed E-state index contributed by atoms with van der Waals surface area (Å²) < 4.78 is 0. The third-order valence-corrected chi connectivity index (χ3v) is 3.06. The van der Waals surface area contributed by atoms with Crippen LogP contribution < -0.4 is 5.32 Å². The van der Waals surface area contributed by atoms with E-state index in [1.165, 1.54) is 6.92 Å². The first kappa shape index (κ1) is 13.2. The van der Waals surface area contributed by atoms with Crippen molar-refractivity contribution < 1.29 is 19.6 Å². The number of hydroxylamine groups is 2. The van der Waals surface area contributed by atoms with Gasteiger partial charge in [0.15, 0.2) is 0 Å². The van der Waals surface area contributed by atoms with Crippen LogP contribution in [-0.4, -0.2) is 33.5 Å². The lowest BCUT2D eigenvalue weighted by molar-refractivity contribution is -0.173. The molecule has 19 heavy (non-hydrogen) atoms. The van der Waals surface area contributed by atoms with E-state index in [-0.39, 0.29) is 17.9 Å². The molecule has 0 aliphatic carbocycles. The molecule has 0 radical (unpaired) electrons. The minimum absolute atomic E-state index is 0.0822. The summed E-state index contributed by atoms with van der Waals surface area (Å²) in [6.07, 6.45) is -0.0775. The van der Waals surface area contributed by atoms with Crippen LogP contribution in [0.5, 0.6) is 0 Å². The Labute approximate surface area is 110 Å². The Morgan fingerprint density at radius 1 is 1.37 bits per heavy atom. The molecule has 0 bridgehead atoms. The average Bonchev–Trinajstić information content (AvgIpc) is 2.55. The molecule has 100 valence electrons. The molecule has 0 aromatic heterocycles. The number of carbonyl (C=O) groups is 3. The summed E-state index contributed by atoms with van der Waals surface area (Å²) in [6, 6.07) is 9.01. The van der Waals surface area contributed by atoms with Crippen LogP contribution in [0.1, 0.15) is 18.9 Å². The Bertz CT molecular complexity index is 525. The van der Waals surface area contributed by atoms with Crippen LogP contribution in [0.2, 0.25) is 0 Å². The number of carbonyl (C=O) groups excluding carboxylic acids is 3. The zero-order valence-electron chi connectivity index (χ0n) is 10.4. The number of nitrogens with zero attached hydrogens (tertiary/aromatic N) is 1. The third kappa shape index (κ3) is 2.48. The molecule has 2 N–H and O–H groups in total. The summed E-state index contributed by atoms with van der Waals surface area (Å²) in [6.45, 7) is 1.27. The number of nitrogens with one attached hydrogen (secondary N) is 1. The maximum atomic E-state index is 12.0. The summed E-state index contributed by atoms with van der Waals surface area (Å²) >= 11 is 0. The highest BCUT2D eigenvalue weighted by Gasteiger charge is 2.52. The molecule has 2 rings (SSSR count). The van der Waals surface area contributed by atoms with Crippen LogP contribution in [0, 0.1) is 0 Å². The van der Waals surface area contributed by atoms with Gasteiger partial charge < -0.3 is 5.32 Å². The molecule has 6 heteroatoms. The van der Waals surface area contributed by atoms with Crippen LogP contribution in [0.3, 0.4) is 0 Å². The molecule has 1 aliphatic rings. The molecule has 1 heterocycles. The van der Waals surface area contributed by atoms with Crippen molar-refractivity contribution in [3.05, 3.63) is 35.9 Å². The van der Waals surface area contributed by atoms with Crippen molar-refractivity contribution >= 4 is 17.7 Å². The normalized spacial score (nSPS) is 22.7. The van der Waals surface area contributed by atoms with Crippen molar-refractivity contribution in [3.63, 3.8) is 0 Å². The lowest BCUT2D eigenvalue weighted by Gasteiger charge is -2.26. The van der Waals surface area contributed by atoms with Crippen molar-refractivity contribution in [2.75, 3.05) is 0 Å². The van der Waals surface area contributed by atoms with Crippen LogP contribution in [-0.2, 0) is 20.8 Å². The summed E-state index contributed by atoms with van der Waals surface area (Å²) in [5.74, 6) is -1.93. The molecular weight excluding hydrogens is 248 g/mol. The molecule has 3 amide bonds. The van der Waals surface area contributed by atoms with Gasteiger partial charge in [0, 0.05) is 13.3 Å². The molecule has 1 aromatic rings. The minimum Gasteiger partial charge on any atom is -0.341 e. The quantitative estimate of drug-likeness (QED) is 0.604. The number of hydrogen-bond donors (Lipinski definition) is 2. The van der Waals surface area contributed by atoms with Gasteiger partial charge in [-0.3, -0.25) is 19.6 Å². The van der Waals surface area contributed by atoms with Gasteiger partial charge in [-0.1, -0.05) is 30.3 Å². The summed E-state index contributed by atoms with van der Waals surface area (Å²) in [4.78, 5) is 34.8. The summed E-state index contributed by atoms with van der Waals surface area (Å²) in [5.41, 5.74) is -0.591. The largest absolute Gasteiger partial charge is 0.341 e. The number of rotatable bonds is 3. The van der Waals surface area contributed by atoms with E-state index in [1.807, 2.05) is 6.07 Å². The van der Waals surface area contributed by atoms with Crippen molar-refractivity contribution in [2.24, 2.45) is 0 Å². The topological polar surface area (TPSA) is 86.7 Å². The SMILES string of the molecule is CC(=O)N[C@]1(Cc2ccccc2)CC(=O)N(O)C1=O. The van der Waals surface area contributed by atoms with E-state index < -0.39 is 23.3 Å². The Balaban J connectivity index is 2.34.